The highest BCUT2D eigenvalue weighted by Gasteiger charge is 2.14. The van der Waals surface area contributed by atoms with Crippen LogP contribution >= 0.6 is 24.0 Å². The number of fused-ring (bicyclic) bond motifs is 1. The van der Waals surface area contributed by atoms with E-state index in [-0.39, 0.29) is 24.0 Å². The lowest BCUT2D eigenvalue weighted by molar-refractivity contribution is 0.466. The predicted octanol–water partition coefficient (Wildman–Crippen LogP) is 2.89. The molecule has 0 saturated heterocycles. The minimum absolute atomic E-state index is 0. The van der Waals surface area contributed by atoms with Crippen LogP contribution in [0.5, 0.6) is 0 Å². The molecule has 0 unspecified atom stereocenters. The topological polar surface area (TPSA) is 32.6 Å². The van der Waals surface area contributed by atoms with Gasteiger partial charge < -0.3 is 14.8 Å². The standard InChI is InChI=1S/C16H22N4.HI/c1-4-20-8-7-17-16(20)18-11-13-5-6-15-14(10-13)9-12(2)19(15)3;/h5-6,9-10H,4,7-8,11H2,1-3H3,(H,17,18);1H. The molecule has 1 aromatic carbocycles. The van der Waals surface area contributed by atoms with Crippen molar-refractivity contribution in [1.82, 2.24) is 14.8 Å². The number of nitrogens with zero attached hydrogens (tertiary/aromatic N) is 3. The van der Waals surface area contributed by atoms with Crippen molar-refractivity contribution >= 4 is 40.8 Å². The van der Waals surface area contributed by atoms with Crippen molar-refractivity contribution in [2.24, 2.45) is 12.0 Å². The lowest BCUT2D eigenvalue weighted by Crippen LogP contribution is -2.37. The van der Waals surface area contributed by atoms with Crippen LogP contribution in [0, 0.1) is 6.92 Å². The fourth-order valence-corrected chi connectivity index (χ4v) is 2.79. The van der Waals surface area contributed by atoms with Gasteiger partial charge in [-0.1, -0.05) is 6.07 Å². The van der Waals surface area contributed by atoms with Gasteiger partial charge in [0.15, 0.2) is 5.96 Å². The van der Waals surface area contributed by atoms with Crippen LogP contribution in [0.25, 0.3) is 10.9 Å². The van der Waals surface area contributed by atoms with Crippen molar-refractivity contribution in [3.05, 3.63) is 35.5 Å². The Labute approximate surface area is 143 Å². The number of benzene rings is 1. The first kappa shape index (κ1) is 16.1. The smallest absolute Gasteiger partial charge is 0.194 e. The fourth-order valence-electron chi connectivity index (χ4n) is 2.79. The van der Waals surface area contributed by atoms with E-state index in [9.17, 15) is 0 Å². The van der Waals surface area contributed by atoms with E-state index >= 15 is 0 Å². The monoisotopic (exact) mass is 398 g/mol. The number of nitrogens with one attached hydrogen (secondary N) is 1. The second kappa shape index (κ2) is 6.68. The summed E-state index contributed by atoms with van der Waals surface area (Å²) in [7, 11) is 2.11. The number of guanidine groups is 1. The van der Waals surface area contributed by atoms with Gasteiger partial charge in [-0.15, -0.1) is 24.0 Å². The number of rotatable bonds is 3. The summed E-state index contributed by atoms with van der Waals surface area (Å²) >= 11 is 0. The molecule has 0 saturated carbocycles. The first-order chi connectivity index (χ1) is 9.69. The Morgan fingerprint density at radius 3 is 2.86 bits per heavy atom. The first-order valence-electron chi connectivity index (χ1n) is 7.27. The van der Waals surface area contributed by atoms with E-state index in [1.54, 1.807) is 0 Å². The van der Waals surface area contributed by atoms with Crippen LogP contribution in [0.1, 0.15) is 18.2 Å². The quantitative estimate of drug-likeness (QED) is 0.807. The summed E-state index contributed by atoms with van der Waals surface area (Å²) in [4.78, 5) is 6.79. The second-order valence-electron chi connectivity index (χ2n) is 5.38. The summed E-state index contributed by atoms with van der Waals surface area (Å²) < 4.78 is 2.23. The molecule has 0 aliphatic carbocycles. The van der Waals surface area contributed by atoms with E-state index in [1.165, 1.54) is 22.2 Å². The van der Waals surface area contributed by atoms with E-state index in [1.807, 2.05) is 0 Å². The molecular weight excluding hydrogens is 375 g/mol. The molecule has 1 aromatic heterocycles. The lowest BCUT2D eigenvalue weighted by Gasteiger charge is -2.18. The molecule has 2 heterocycles. The Morgan fingerprint density at radius 2 is 2.10 bits per heavy atom. The molecule has 5 heteroatoms. The van der Waals surface area contributed by atoms with E-state index in [4.69, 9.17) is 0 Å². The van der Waals surface area contributed by atoms with Gasteiger partial charge in [0.1, 0.15) is 0 Å². The molecule has 21 heavy (non-hydrogen) atoms. The third kappa shape index (κ3) is 3.17. The Morgan fingerprint density at radius 1 is 1.29 bits per heavy atom. The van der Waals surface area contributed by atoms with E-state index in [0.717, 1.165) is 32.1 Å². The van der Waals surface area contributed by atoms with Gasteiger partial charge in [0.25, 0.3) is 0 Å². The maximum atomic E-state index is 4.51. The van der Waals surface area contributed by atoms with Gasteiger partial charge in [-0.3, -0.25) is 4.99 Å². The molecule has 0 radical (unpaired) electrons. The maximum Gasteiger partial charge on any atom is 0.194 e. The van der Waals surface area contributed by atoms with Crippen molar-refractivity contribution in [2.75, 3.05) is 19.6 Å². The summed E-state index contributed by atoms with van der Waals surface area (Å²) in [6, 6.07) is 8.90. The number of aliphatic imine (C=N–C) groups is 1. The molecule has 114 valence electrons. The zero-order valence-electron chi connectivity index (χ0n) is 12.9. The maximum absolute atomic E-state index is 4.51. The summed E-state index contributed by atoms with van der Waals surface area (Å²) in [5.74, 6) is 1.04. The van der Waals surface area contributed by atoms with Crippen LogP contribution < -0.4 is 5.32 Å². The van der Waals surface area contributed by atoms with Crippen LogP contribution in [-0.2, 0) is 13.6 Å². The van der Waals surface area contributed by atoms with Crippen molar-refractivity contribution in [3.63, 3.8) is 0 Å². The van der Waals surface area contributed by atoms with Crippen molar-refractivity contribution in [1.29, 1.82) is 0 Å². The molecule has 0 bridgehead atoms. The summed E-state index contributed by atoms with van der Waals surface area (Å²) in [5.41, 5.74) is 3.89. The van der Waals surface area contributed by atoms with Crippen LogP contribution in [0.4, 0.5) is 0 Å². The Hall–Kier alpha value is -1.24. The predicted molar refractivity (Wildman–Crippen MR) is 99.5 cm³/mol. The molecule has 2 aromatic rings. The molecule has 1 aliphatic heterocycles. The molecule has 0 amide bonds. The number of hydrogen-bond donors (Lipinski definition) is 1. The highest BCUT2D eigenvalue weighted by molar-refractivity contribution is 14.0. The summed E-state index contributed by atoms with van der Waals surface area (Å²) in [5, 5.41) is 4.76. The molecule has 1 aliphatic rings. The number of hydrogen-bond acceptors (Lipinski definition) is 3. The zero-order chi connectivity index (χ0) is 14.1. The van der Waals surface area contributed by atoms with E-state index in [0.29, 0.717) is 0 Å². The van der Waals surface area contributed by atoms with Crippen molar-refractivity contribution in [2.45, 2.75) is 20.4 Å². The van der Waals surface area contributed by atoms with E-state index in [2.05, 4.69) is 64.9 Å². The Bertz CT molecular complexity index is 660. The second-order valence-corrected chi connectivity index (χ2v) is 5.38. The SMILES string of the molecule is CCN1CCN=C1NCc1ccc2c(c1)cc(C)n2C.I. The minimum atomic E-state index is 0. The molecule has 0 atom stereocenters. The van der Waals surface area contributed by atoms with Crippen molar-refractivity contribution in [3.8, 4) is 0 Å². The van der Waals surface area contributed by atoms with Crippen molar-refractivity contribution < 1.29 is 0 Å². The molecule has 4 nitrogen and oxygen atoms in total. The van der Waals surface area contributed by atoms with Gasteiger partial charge in [-0.05, 0) is 37.6 Å². The van der Waals surface area contributed by atoms with Gasteiger partial charge in [0.2, 0.25) is 0 Å². The van der Waals surface area contributed by atoms with Gasteiger partial charge in [-0.2, -0.15) is 0 Å². The molecule has 0 spiro atoms. The van der Waals surface area contributed by atoms with Gasteiger partial charge in [-0.25, -0.2) is 0 Å². The molecule has 0 fully saturated rings. The Kier molecular flexibility index (Phi) is 5.13. The van der Waals surface area contributed by atoms with Crippen LogP contribution in [-0.4, -0.2) is 35.1 Å². The van der Waals surface area contributed by atoms with E-state index < -0.39 is 0 Å². The molecular formula is C16H23IN4. The number of aromatic nitrogens is 1. The van der Waals surface area contributed by atoms with Crippen LogP contribution in [0.3, 0.4) is 0 Å². The number of aryl methyl sites for hydroxylation is 2. The average molecular weight is 398 g/mol. The normalized spacial score (nSPS) is 14.2. The van der Waals surface area contributed by atoms with Crippen LogP contribution in [0.15, 0.2) is 29.3 Å². The number of halogens is 1. The molecule has 1 N–H and O–H groups in total. The highest BCUT2D eigenvalue weighted by Crippen LogP contribution is 2.19. The third-order valence-corrected chi connectivity index (χ3v) is 4.11. The van der Waals surface area contributed by atoms with Gasteiger partial charge >= 0.3 is 0 Å². The average Bonchev–Trinajstić information content (AvgIpc) is 3.02. The van der Waals surface area contributed by atoms with Crippen LogP contribution in [0.2, 0.25) is 0 Å². The van der Waals surface area contributed by atoms with Gasteiger partial charge in [0, 0.05) is 43.3 Å². The largest absolute Gasteiger partial charge is 0.352 e. The molecule has 3 rings (SSSR count). The summed E-state index contributed by atoms with van der Waals surface area (Å²) in [6.07, 6.45) is 0. The zero-order valence-corrected chi connectivity index (χ0v) is 15.2. The third-order valence-electron chi connectivity index (χ3n) is 4.11. The minimum Gasteiger partial charge on any atom is -0.352 e. The number of likely N-dealkylation sites (N-methyl/N-ethyl adjacent to an activating group) is 1. The summed E-state index contributed by atoms with van der Waals surface area (Å²) in [6.45, 7) is 8.11. The lowest BCUT2D eigenvalue weighted by atomic mass is 10.1. The van der Waals surface area contributed by atoms with Gasteiger partial charge in [0.05, 0.1) is 6.54 Å². The fraction of sp³-hybridized carbons (Fsp3) is 0.438. The Balaban J connectivity index is 0.00000161. The highest BCUT2D eigenvalue weighted by atomic mass is 127. The first-order valence-corrected chi connectivity index (χ1v) is 7.27.